The van der Waals surface area contributed by atoms with Crippen LogP contribution in [0.25, 0.3) is 0 Å². The normalized spacial score (nSPS) is 11.4. The number of carbonyl (C=O) groups is 2. The molecule has 0 spiro atoms. The van der Waals surface area contributed by atoms with Gasteiger partial charge in [-0.2, -0.15) is 5.26 Å². The van der Waals surface area contributed by atoms with Gasteiger partial charge in [0.05, 0.1) is 17.2 Å². The summed E-state index contributed by atoms with van der Waals surface area (Å²) in [7, 11) is 0. The van der Waals surface area contributed by atoms with Crippen molar-refractivity contribution in [2.75, 3.05) is 5.32 Å². The molecule has 1 aromatic carbocycles. The Labute approximate surface area is 138 Å². The van der Waals surface area contributed by atoms with Crippen LogP contribution in [-0.2, 0) is 9.53 Å². The first kappa shape index (κ1) is 16.7. The number of ether oxygens (including phenoxy) is 1. The van der Waals surface area contributed by atoms with Crippen LogP contribution in [0.15, 0.2) is 30.3 Å². The van der Waals surface area contributed by atoms with Crippen LogP contribution in [0.3, 0.4) is 0 Å². The molecular formula is C17H16N2O3S. The largest absolute Gasteiger partial charge is 0.449 e. The van der Waals surface area contributed by atoms with Gasteiger partial charge in [0.1, 0.15) is 0 Å². The number of hydrogen-bond acceptors (Lipinski definition) is 5. The minimum Gasteiger partial charge on any atom is -0.449 e. The third kappa shape index (κ3) is 4.18. The van der Waals surface area contributed by atoms with Crippen LogP contribution in [0.4, 0.5) is 5.69 Å². The van der Waals surface area contributed by atoms with Crippen molar-refractivity contribution in [3.8, 4) is 6.07 Å². The van der Waals surface area contributed by atoms with E-state index in [4.69, 9.17) is 10.00 Å². The summed E-state index contributed by atoms with van der Waals surface area (Å²) in [4.78, 5) is 26.1. The third-order valence-electron chi connectivity index (χ3n) is 3.20. The minimum absolute atomic E-state index is 0.423. The Morgan fingerprint density at radius 1 is 1.26 bits per heavy atom. The molecule has 0 aliphatic heterocycles. The second-order valence-electron chi connectivity index (χ2n) is 5.05. The molecule has 1 N–H and O–H groups in total. The highest BCUT2D eigenvalue weighted by Crippen LogP contribution is 2.21. The average molecular weight is 328 g/mol. The van der Waals surface area contributed by atoms with E-state index in [1.165, 1.54) is 18.3 Å². The van der Waals surface area contributed by atoms with Gasteiger partial charge in [0.2, 0.25) is 0 Å². The van der Waals surface area contributed by atoms with Crippen LogP contribution in [-0.4, -0.2) is 18.0 Å². The van der Waals surface area contributed by atoms with E-state index in [2.05, 4.69) is 5.32 Å². The van der Waals surface area contributed by atoms with Crippen LogP contribution in [0.5, 0.6) is 0 Å². The van der Waals surface area contributed by atoms with E-state index in [-0.39, 0.29) is 0 Å². The molecule has 5 nitrogen and oxygen atoms in total. The number of nitrogens with zero attached hydrogens (tertiary/aromatic N) is 1. The van der Waals surface area contributed by atoms with Crippen LogP contribution in [0.1, 0.15) is 32.6 Å². The van der Waals surface area contributed by atoms with Crippen molar-refractivity contribution < 1.29 is 14.3 Å². The van der Waals surface area contributed by atoms with Crippen molar-refractivity contribution in [1.82, 2.24) is 0 Å². The summed E-state index contributed by atoms with van der Waals surface area (Å²) < 4.78 is 5.21. The summed E-state index contributed by atoms with van der Waals surface area (Å²) in [5, 5.41) is 11.4. The van der Waals surface area contributed by atoms with Crippen molar-refractivity contribution in [2.24, 2.45) is 0 Å². The van der Waals surface area contributed by atoms with E-state index in [9.17, 15) is 9.59 Å². The quantitative estimate of drug-likeness (QED) is 0.872. The van der Waals surface area contributed by atoms with Gasteiger partial charge in [-0.1, -0.05) is 0 Å². The Morgan fingerprint density at radius 2 is 1.91 bits per heavy atom. The number of nitriles is 1. The number of rotatable bonds is 4. The summed E-state index contributed by atoms with van der Waals surface area (Å²) in [5.74, 6) is -0.929. The van der Waals surface area contributed by atoms with Gasteiger partial charge in [0.15, 0.2) is 6.10 Å². The van der Waals surface area contributed by atoms with Crippen molar-refractivity contribution >= 4 is 28.9 Å². The van der Waals surface area contributed by atoms with Gasteiger partial charge in [-0.3, -0.25) is 4.79 Å². The number of anilines is 1. The standard InChI is InChI=1S/C17H16N2O3S/c1-10-8-15(12(3)23-10)17(21)22-11(2)16(20)19-14-6-4-13(9-18)5-7-14/h4-8,11H,1-3H3,(H,19,20)/t11-/m1/s1. The summed E-state index contributed by atoms with van der Waals surface area (Å²) in [5.41, 5.74) is 1.54. The molecule has 0 fully saturated rings. The summed E-state index contributed by atoms with van der Waals surface area (Å²) in [6, 6.07) is 10.2. The number of esters is 1. The van der Waals surface area contributed by atoms with E-state index in [0.717, 1.165) is 9.75 Å². The van der Waals surface area contributed by atoms with Crippen molar-refractivity contribution in [3.63, 3.8) is 0 Å². The average Bonchev–Trinajstić information content (AvgIpc) is 2.86. The molecule has 23 heavy (non-hydrogen) atoms. The molecule has 0 unspecified atom stereocenters. The zero-order valence-corrected chi connectivity index (χ0v) is 13.9. The Morgan fingerprint density at radius 3 is 2.43 bits per heavy atom. The van der Waals surface area contributed by atoms with Crippen LogP contribution in [0, 0.1) is 25.2 Å². The number of benzene rings is 1. The van der Waals surface area contributed by atoms with Crippen LogP contribution in [0.2, 0.25) is 0 Å². The molecule has 1 heterocycles. The summed E-state index contributed by atoms with van der Waals surface area (Å²) in [6.07, 6.45) is -0.919. The van der Waals surface area contributed by atoms with Crippen molar-refractivity contribution in [2.45, 2.75) is 26.9 Å². The Bertz CT molecular complexity index is 772. The van der Waals surface area contributed by atoms with E-state index in [1.807, 2.05) is 19.9 Å². The number of nitrogens with one attached hydrogen (secondary N) is 1. The Hall–Kier alpha value is -2.65. The van der Waals surface area contributed by atoms with E-state index in [0.29, 0.717) is 16.8 Å². The summed E-state index contributed by atoms with van der Waals surface area (Å²) >= 11 is 1.51. The zero-order valence-electron chi connectivity index (χ0n) is 13.0. The molecule has 1 amide bonds. The number of aryl methyl sites for hydroxylation is 2. The highest BCUT2D eigenvalue weighted by Gasteiger charge is 2.21. The van der Waals surface area contributed by atoms with Gasteiger partial charge in [-0.05, 0) is 51.1 Å². The SMILES string of the molecule is Cc1cc(C(=O)O[C@H](C)C(=O)Nc2ccc(C#N)cc2)c(C)s1. The lowest BCUT2D eigenvalue weighted by atomic mass is 10.2. The molecule has 0 saturated carbocycles. The van der Waals surface area contributed by atoms with Crippen LogP contribution < -0.4 is 5.32 Å². The topological polar surface area (TPSA) is 79.2 Å². The molecule has 118 valence electrons. The monoisotopic (exact) mass is 328 g/mol. The molecule has 2 rings (SSSR count). The minimum atomic E-state index is -0.919. The van der Waals surface area contributed by atoms with Crippen LogP contribution >= 0.6 is 11.3 Å². The molecule has 0 saturated heterocycles. The van der Waals surface area contributed by atoms with Crippen molar-refractivity contribution in [1.29, 1.82) is 5.26 Å². The highest BCUT2D eigenvalue weighted by molar-refractivity contribution is 7.12. The lowest BCUT2D eigenvalue weighted by molar-refractivity contribution is -0.123. The number of amides is 1. The maximum Gasteiger partial charge on any atom is 0.340 e. The first-order valence-corrected chi connectivity index (χ1v) is 7.81. The molecule has 0 aliphatic carbocycles. The number of thiophene rings is 1. The molecule has 6 heteroatoms. The second-order valence-corrected chi connectivity index (χ2v) is 6.51. The van der Waals surface area contributed by atoms with Gasteiger partial charge < -0.3 is 10.1 Å². The van der Waals surface area contributed by atoms with Gasteiger partial charge in [-0.15, -0.1) is 11.3 Å². The Kier molecular flexibility index (Phi) is 5.14. The highest BCUT2D eigenvalue weighted by atomic mass is 32.1. The molecule has 2 aromatic rings. The molecule has 0 radical (unpaired) electrons. The summed E-state index contributed by atoms with van der Waals surface area (Å²) in [6.45, 7) is 5.27. The fourth-order valence-electron chi connectivity index (χ4n) is 1.98. The Balaban J connectivity index is 1.98. The zero-order chi connectivity index (χ0) is 17.0. The second kappa shape index (κ2) is 7.07. The third-order valence-corrected chi connectivity index (χ3v) is 4.16. The number of hydrogen-bond donors (Lipinski definition) is 1. The smallest absolute Gasteiger partial charge is 0.340 e. The molecule has 0 aliphatic rings. The van der Waals surface area contributed by atoms with Crippen molar-refractivity contribution in [3.05, 3.63) is 51.2 Å². The molecular weight excluding hydrogens is 312 g/mol. The maximum absolute atomic E-state index is 12.1. The van der Waals surface area contributed by atoms with E-state index >= 15 is 0 Å². The lowest BCUT2D eigenvalue weighted by Crippen LogP contribution is -2.30. The van der Waals surface area contributed by atoms with Gasteiger partial charge >= 0.3 is 5.97 Å². The number of carbonyl (C=O) groups excluding carboxylic acids is 2. The fraction of sp³-hybridized carbons (Fsp3) is 0.235. The lowest BCUT2D eigenvalue weighted by Gasteiger charge is -2.13. The van der Waals surface area contributed by atoms with E-state index in [1.54, 1.807) is 30.3 Å². The predicted octanol–water partition coefficient (Wildman–Crippen LogP) is 3.42. The molecule has 1 atom stereocenters. The fourth-order valence-corrected chi connectivity index (χ4v) is 2.89. The van der Waals surface area contributed by atoms with Gasteiger partial charge in [0.25, 0.3) is 5.91 Å². The molecule has 0 bridgehead atoms. The van der Waals surface area contributed by atoms with Gasteiger partial charge in [-0.25, -0.2) is 4.79 Å². The van der Waals surface area contributed by atoms with E-state index < -0.39 is 18.0 Å². The first-order chi connectivity index (χ1) is 10.9. The van der Waals surface area contributed by atoms with Gasteiger partial charge in [0, 0.05) is 15.4 Å². The maximum atomic E-state index is 12.1. The predicted molar refractivity (Wildman–Crippen MR) is 88.5 cm³/mol. The first-order valence-electron chi connectivity index (χ1n) is 6.99. The molecule has 1 aromatic heterocycles.